The van der Waals surface area contributed by atoms with E-state index in [1.807, 2.05) is 6.07 Å². The fraction of sp³-hybridized carbons (Fsp3) is 0.333. The van der Waals surface area contributed by atoms with Gasteiger partial charge in [0.25, 0.3) is 0 Å². The van der Waals surface area contributed by atoms with Crippen LogP contribution in [0.25, 0.3) is 11.3 Å². The maximum absolute atomic E-state index is 13.9. The highest BCUT2D eigenvalue weighted by atomic mass is 35.5. The minimum Gasteiger partial charge on any atom is -0.463 e. The lowest BCUT2D eigenvalue weighted by Gasteiger charge is -2.44. The molecule has 1 fully saturated rings. The highest BCUT2D eigenvalue weighted by molar-refractivity contribution is 7.99. The van der Waals surface area contributed by atoms with E-state index in [2.05, 4.69) is 10.3 Å². The van der Waals surface area contributed by atoms with Gasteiger partial charge < -0.3 is 18.9 Å². The Morgan fingerprint density at radius 3 is 2.38 bits per heavy atom. The Morgan fingerprint density at radius 2 is 1.76 bits per heavy atom. The number of halogens is 3. The largest absolute Gasteiger partial charge is 0.463 e. The zero-order valence-corrected chi connectivity index (χ0v) is 23.9. The molecule has 1 aliphatic rings. The van der Waals surface area contributed by atoms with Crippen molar-refractivity contribution in [2.75, 3.05) is 6.61 Å². The summed E-state index contributed by atoms with van der Waals surface area (Å²) in [7, 11) is 0. The Labute approximate surface area is 247 Å². The van der Waals surface area contributed by atoms with Crippen LogP contribution in [0.4, 0.5) is 8.78 Å². The molecule has 1 saturated heterocycles. The number of hydrogen-bond donors (Lipinski definition) is 0. The quantitative estimate of drug-likeness (QED) is 0.264. The molecule has 1 aromatic heterocycles. The average Bonchev–Trinajstić information content (AvgIpc) is 3.40. The SMILES string of the molecule is CC(=O)OCC1OC(Sc2ccc(C#N)c(Cl)c2)C(OC(C)=O)C(n2cc(-c3ccc(F)c(F)c3)nn2)C1OC(C)=O. The number of nitrogens with zero attached hydrogens (tertiary/aromatic N) is 4. The van der Waals surface area contributed by atoms with Gasteiger partial charge in [-0.25, -0.2) is 13.5 Å². The molecular weight excluding hydrogens is 598 g/mol. The molecule has 220 valence electrons. The van der Waals surface area contributed by atoms with Gasteiger partial charge in [0.05, 0.1) is 16.8 Å². The Hall–Kier alpha value is -4.06. The predicted molar refractivity (Wildman–Crippen MR) is 143 cm³/mol. The molecule has 2 heterocycles. The van der Waals surface area contributed by atoms with Crippen molar-refractivity contribution in [3.63, 3.8) is 0 Å². The van der Waals surface area contributed by atoms with Crippen molar-refractivity contribution in [2.45, 2.75) is 55.5 Å². The van der Waals surface area contributed by atoms with Crippen LogP contribution in [-0.2, 0) is 33.3 Å². The van der Waals surface area contributed by atoms with E-state index in [1.165, 1.54) is 42.9 Å². The first-order valence-electron chi connectivity index (χ1n) is 12.3. The van der Waals surface area contributed by atoms with Gasteiger partial charge >= 0.3 is 17.9 Å². The zero-order valence-electron chi connectivity index (χ0n) is 22.3. The third-order valence-corrected chi connectivity index (χ3v) is 7.47. The molecule has 5 atom stereocenters. The van der Waals surface area contributed by atoms with Gasteiger partial charge in [-0.3, -0.25) is 14.4 Å². The van der Waals surface area contributed by atoms with Gasteiger partial charge in [0.2, 0.25) is 0 Å². The predicted octanol–water partition coefficient (Wildman–Crippen LogP) is 4.23. The highest BCUT2D eigenvalue weighted by Gasteiger charge is 2.52. The number of thioether (sulfide) groups is 1. The molecule has 0 amide bonds. The molecule has 1 aliphatic heterocycles. The number of carbonyl (C=O) groups excluding carboxylic acids is 3. The molecule has 15 heteroatoms. The maximum Gasteiger partial charge on any atom is 0.303 e. The molecule has 42 heavy (non-hydrogen) atoms. The van der Waals surface area contributed by atoms with Crippen molar-refractivity contribution in [2.24, 2.45) is 0 Å². The van der Waals surface area contributed by atoms with Crippen LogP contribution in [0.1, 0.15) is 32.4 Å². The highest BCUT2D eigenvalue weighted by Crippen LogP contribution is 2.42. The van der Waals surface area contributed by atoms with Crippen molar-refractivity contribution in [1.29, 1.82) is 5.26 Å². The van der Waals surface area contributed by atoms with Crippen LogP contribution in [0, 0.1) is 23.0 Å². The summed E-state index contributed by atoms with van der Waals surface area (Å²) in [5.74, 6) is -4.17. The number of esters is 3. The first-order chi connectivity index (χ1) is 20.0. The second-order valence-electron chi connectivity index (χ2n) is 9.07. The van der Waals surface area contributed by atoms with Crippen LogP contribution >= 0.6 is 23.4 Å². The summed E-state index contributed by atoms with van der Waals surface area (Å²) in [5.41, 5.74) is -0.417. The number of benzene rings is 2. The first-order valence-corrected chi connectivity index (χ1v) is 13.6. The lowest BCUT2D eigenvalue weighted by atomic mass is 9.96. The van der Waals surface area contributed by atoms with E-state index >= 15 is 0 Å². The second-order valence-corrected chi connectivity index (χ2v) is 10.6. The minimum absolute atomic E-state index is 0.142. The Balaban J connectivity index is 1.81. The van der Waals surface area contributed by atoms with Crippen molar-refractivity contribution in [3.8, 4) is 17.3 Å². The fourth-order valence-corrected chi connectivity index (χ4v) is 5.72. The number of nitriles is 1. The summed E-state index contributed by atoms with van der Waals surface area (Å²) in [6.45, 7) is 3.19. The van der Waals surface area contributed by atoms with E-state index < -0.39 is 59.3 Å². The van der Waals surface area contributed by atoms with Crippen molar-refractivity contribution >= 4 is 41.3 Å². The molecule has 11 nitrogen and oxygen atoms in total. The lowest BCUT2D eigenvalue weighted by Crippen LogP contribution is -2.57. The van der Waals surface area contributed by atoms with Crippen molar-refractivity contribution in [1.82, 2.24) is 15.0 Å². The topological polar surface area (TPSA) is 143 Å². The normalized spacial score (nSPS) is 21.7. The summed E-state index contributed by atoms with van der Waals surface area (Å²) in [4.78, 5) is 36.7. The molecule has 0 N–H and O–H groups in total. The summed E-state index contributed by atoms with van der Waals surface area (Å²) >= 11 is 7.30. The van der Waals surface area contributed by atoms with Gasteiger partial charge in [0.15, 0.2) is 23.8 Å². The molecule has 0 aliphatic carbocycles. The summed E-state index contributed by atoms with van der Waals surface area (Å²) in [6.07, 6.45) is -2.08. The third-order valence-electron chi connectivity index (χ3n) is 6.02. The van der Waals surface area contributed by atoms with Crippen LogP contribution < -0.4 is 0 Å². The summed E-state index contributed by atoms with van der Waals surface area (Å²) in [5, 5.41) is 17.6. The Kier molecular flexibility index (Phi) is 9.77. The van der Waals surface area contributed by atoms with E-state index in [0.29, 0.717) is 4.90 Å². The van der Waals surface area contributed by atoms with Crippen LogP contribution in [0.15, 0.2) is 47.5 Å². The van der Waals surface area contributed by atoms with E-state index in [4.69, 9.17) is 30.5 Å². The first kappa shape index (κ1) is 30.9. The average molecular weight is 621 g/mol. The molecule has 2 aromatic carbocycles. The van der Waals surface area contributed by atoms with Gasteiger partial charge in [0, 0.05) is 31.2 Å². The lowest BCUT2D eigenvalue weighted by molar-refractivity contribution is -0.212. The van der Waals surface area contributed by atoms with E-state index in [1.54, 1.807) is 6.07 Å². The Bertz CT molecular complexity index is 1550. The maximum atomic E-state index is 13.9. The van der Waals surface area contributed by atoms with Crippen LogP contribution in [0.5, 0.6) is 0 Å². The number of rotatable bonds is 8. The molecule has 3 aromatic rings. The van der Waals surface area contributed by atoms with Gasteiger partial charge in [-0.15, -0.1) is 5.10 Å². The standard InChI is InChI=1S/C27H23ClF2N4O7S/c1-13(35)38-12-23-25(39-14(2)36)24(34-11-22(32-33-34)16-5-7-20(29)21(30)8-16)26(40-15(3)37)27(41-23)42-18-6-4-17(10-31)19(28)9-18/h4-9,11,23-27H,12H2,1-3H3. The molecular formula is C27H23ClF2N4O7S. The Morgan fingerprint density at radius 1 is 1.05 bits per heavy atom. The van der Waals surface area contributed by atoms with Crippen LogP contribution in [-0.4, -0.2) is 63.3 Å². The monoisotopic (exact) mass is 620 g/mol. The smallest absolute Gasteiger partial charge is 0.303 e. The van der Waals surface area contributed by atoms with Gasteiger partial charge in [-0.1, -0.05) is 28.6 Å². The molecule has 5 unspecified atom stereocenters. The van der Waals surface area contributed by atoms with Gasteiger partial charge in [-0.05, 0) is 36.4 Å². The summed E-state index contributed by atoms with van der Waals surface area (Å²) < 4.78 is 51.4. The van der Waals surface area contributed by atoms with E-state index in [9.17, 15) is 28.4 Å². The van der Waals surface area contributed by atoms with E-state index in [0.717, 1.165) is 30.8 Å². The molecule has 0 radical (unpaired) electrons. The minimum atomic E-state index is -1.22. The van der Waals surface area contributed by atoms with Crippen LogP contribution in [0.2, 0.25) is 5.02 Å². The number of ether oxygens (including phenoxy) is 4. The molecule has 4 rings (SSSR count). The molecule has 0 saturated carbocycles. The van der Waals surface area contributed by atoms with E-state index in [-0.39, 0.29) is 28.5 Å². The second kappa shape index (κ2) is 13.3. The number of aromatic nitrogens is 3. The van der Waals surface area contributed by atoms with Gasteiger partial charge in [0.1, 0.15) is 36.0 Å². The van der Waals surface area contributed by atoms with Crippen LogP contribution in [0.3, 0.4) is 0 Å². The zero-order chi connectivity index (χ0) is 30.6. The summed E-state index contributed by atoms with van der Waals surface area (Å²) in [6, 6.07) is 8.72. The number of hydrogen-bond acceptors (Lipinski definition) is 11. The van der Waals surface area contributed by atoms with Crippen molar-refractivity contribution in [3.05, 3.63) is 64.8 Å². The van der Waals surface area contributed by atoms with Gasteiger partial charge in [-0.2, -0.15) is 5.26 Å². The van der Waals surface area contributed by atoms with Crippen molar-refractivity contribution < 1.29 is 42.1 Å². The third kappa shape index (κ3) is 7.22. The molecule has 0 bridgehead atoms. The fourth-order valence-electron chi connectivity index (χ4n) is 4.28. The molecule has 0 spiro atoms. The number of carbonyl (C=O) groups is 3.